The molecule has 0 saturated heterocycles. The molecule has 6 nitrogen and oxygen atoms in total. The zero-order valence-electron chi connectivity index (χ0n) is 13.9. The molecule has 0 amide bonds. The Labute approximate surface area is 144 Å². The molecule has 0 aliphatic carbocycles. The number of hydrogen-bond acceptors (Lipinski definition) is 5. The van der Waals surface area contributed by atoms with E-state index in [2.05, 4.69) is 0 Å². The standard InChI is InChI=1S/C19H18O6/c1-3-19(11-4-6-13-15(8-11)24-9-23-13)10(2)16-14(25-19)7-5-12(20)17(16)18(21)22/h4-8,10,20H,3,9H2,1-2H3,(H,21,22). The van der Waals surface area contributed by atoms with Crippen molar-refractivity contribution in [2.24, 2.45) is 0 Å². The molecule has 0 bridgehead atoms. The number of ether oxygens (including phenoxy) is 3. The highest BCUT2D eigenvalue weighted by atomic mass is 16.7. The van der Waals surface area contributed by atoms with Gasteiger partial charge in [0.15, 0.2) is 11.5 Å². The van der Waals surface area contributed by atoms with Crippen LogP contribution in [0.2, 0.25) is 0 Å². The lowest BCUT2D eigenvalue weighted by molar-refractivity contribution is 0.0651. The van der Waals surface area contributed by atoms with Crippen LogP contribution in [0.1, 0.15) is 47.7 Å². The predicted molar refractivity (Wildman–Crippen MR) is 88.6 cm³/mol. The van der Waals surface area contributed by atoms with Crippen LogP contribution < -0.4 is 14.2 Å². The van der Waals surface area contributed by atoms with Gasteiger partial charge in [0, 0.05) is 11.5 Å². The Morgan fingerprint density at radius 3 is 2.64 bits per heavy atom. The fourth-order valence-corrected chi connectivity index (χ4v) is 3.90. The Bertz CT molecular complexity index is 874. The summed E-state index contributed by atoms with van der Waals surface area (Å²) in [6, 6.07) is 8.62. The number of carboxylic acids is 1. The summed E-state index contributed by atoms with van der Waals surface area (Å²) in [6.45, 7) is 4.10. The van der Waals surface area contributed by atoms with Gasteiger partial charge < -0.3 is 24.4 Å². The second-order valence-electron chi connectivity index (χ2n) is 6.31. The normalized spacial score (nSPS) is 23.2. The Balaban J connectivity index is 1.87. The number of fused-ring (bicyclic) bond motifs is 2. The van der Waals surface area contributed by atoms with E-state index in [4.69, 9.17) is 14.2 Å². The van der Waals surface area contributed by atoms with Gasteiger partial charge in [0.25, 0.3) is 0 Å². The quantitative estimate of drug-likeness (QED) is 0.886. The molecule has 2 aliphatic rings. The minimum atomic E-state index is -1.16. The van der Waals surface area contributed by atoms with Crippen molar-refractivity contribution >= 4 is 5.97 Å². The van der Waals surface area contributed by atoms with Crippen LogP contribution in [-0.2, 0) is 5.60 Å². The van der Waals surface area contributed by atoms with Crippen molar-refractivity contribution < 1.29 is 29.2 Å². The molecule has 2 aliphatic heterocycles. The van der Waals surface area contributed by atoms with Crippen LogP contribution in [0.4, 0.5) is 0 Å². The molecule has 2 heterocycles. The van der Waals surface area contributed by atoms with E-state index < -0.39 is 11.6 Å². The Morgan fingerprint density at radius 2 is 1.92 bits per heavy atom. The topological polar surface area (TPSA) is 85.2 Å². The largest absolute Gasteiger partial charge is 0.507 e. The molecular weight excluding hydrogens is 324 g/mol. The predicted octanol–water partition coefficient (Wildman–Crippen LogP) is 3.62. The van der Waals surface area contributed by atoms with Crippen LogP contribution in [0, 0.1) is 0 Å². The van der Waals surface area contributed by atoms with E-state index in [-0.39, 0.29) is 24.0 Å². The molecule has 130 valence electrons. The molecule has 2 N–H and O–H groups in total. The van der Waals surface area contributed by atoms with Gasteiger partial charge in [0.1, 0.15) is 22.7 Å². The first kappa shape index (κ1) is 15.6. The smallest absolute Gasteiger partial charge is 0.339 e. The van der Waals surface area contributed by atoms with Crippen molar-refractivity contribution in [3.8, 4) is 23.0 Å². The molecule has 0 radical (unpaired) electrons. The zero-order chi connectivity index (χ0) is 17.8. The lowest BCUT2D eigenvalue weighted by atomic mass is 9.77. The van der Waals surface area contributed by atoms with Gasteiger partial charge in [-0.25, -0.2) is 4.79 Å². The maximum Gasteiger partial charge on any atom is 0.339 e. The highest BCUT2D eigenvalue weighted by Gasteiger charge is 2.49. The highest BCUT2D eigenvalue weighted by molar-refractivity contribution is 5.94. The summed E-state index contributed by atoms with van der Waals surface area (Å²) in [5.41, 5.74) is 0.577. The minimum absolute atomic E-state index is 0.0962. The number of benzene rings is 2. The van der Waals surface area contributed by atoms with E-state index in [1.807, 2.05) is 32.0 Å². The fraction of sp³-hybridized carbons (Fsp3) is 0.316. The maximum atomic E-state index is 11.7. The summed E-state index contributed by atoms with van der Waals surface area (Å²) in [7, 11) is 0. The number of carboxylic acid groups (broad SMARTS) is 1. The first-order chi connectivity index (χ1) is 12.0. The van der Waals surface area contributed by atoms with Crippen LogP contribution in [-0.4, -0.2) is 23.0 Å². The van der Waals surface area contributed by atoms with E-state index in [9.17, 15) is 15.0 Å². The van der Waals surface area contributed by atoms with E-state index >= 15 is 0 Å². The molecule has 0 fully saturated rings. The van der Waals surface area contributed by atoms with Crippen molar-refractivity contribution in [1.29, 1.82) is 0 Å². The van der Waals surface area contributed by atoms with Crippen LogP contribution in [0.25, 0.3) is 0 Å². The average Bonchev–Trinajstić information content (AvgIpc) is 3.17. The van der Waals surface area contributed by atoms with Gasteiger partial charge in [-0.3, -0.25) is 0 Å². The van der Waals surface area contributed by atoms with Crippen molar-refractivity contribution in [2.75, 3.05) is 6.79 Å². The van der Waals surface area contributed by atoms with Crippen LogP contribution >= 0.6 is 0 Å². The molecule has 2 aromatic carbocycles. The van der Waals surface area contributed by atoms with Crippen molar-refractivity contribution in [1.82, 2.24) is 0 Å². The summed E-state index contributed by atoms with van der Waals surface area (Å²) in [4.78, 5) is 11.7. The SMILES string of the molecule is CCC1(c2ccc3c(c2)OCO3)Oc2ccc(O)c(C(=O)O)c2C1C. The number of carbonyl (C=O) groups is 1. The average molecular weight is 342 g/mol. The number of aromatic carboxylic acids is 1. The Hall–Kier alpha value is -2.89. The van der Waals surface area contributed by atoms with Gasteiger partial charge >= 0.3 is 5.97 Å². The molecule has 4 rings (SSSR count). The van der Waals surface area contributed by atoms with Gasteiger partial charge in [-0.05, 0) is 36.2 Å². The number of phenols is 1. The molecule has 2 atom stereocenters. The molecular formula is C19H18O6. The highest BCUT2D eigenvalue weighted by Crippen LogP contribution is 2.55. The van der Waals surface area contributed by atoms with Crippen LogP contribution in [0.15, 0.2) is 30.3 Å². The summed E-state index contributed by atoms with van der Waals surface area (Å²) >= 11 is 0. The van der Waals surface area contributed by atoms with Gasteiger partial charge in [-0.1, -0.05) is 19.9 Å². The van der Waals surface area contributed by atoms with Crippen molar-refractivity contribution in [3.63, 3.8) is 0 Å². The molecule has 2 unspecified atom stereocenters. The second kappa shape index (κ2) is 5.31. The Kier molecular flexibility index (Phi) is 3.32. The fourth-order valence-electron chi connectivity index (χ4n) is 3.90. The van der Waals surface area contributed by atoms with Crippen LogP contribution in [0.5, 0.6) is 23.0 Å². The van der Waals surface area contributed by atoms with Gasteiger partial charge in [-0.2, -0.15) is 0 Å². The van der Waals surface area contributed by atoms with Crippen LogP contribution in [0.3, 0.4) is 0 Å². The molecule has 0 spiro atoms. The Morgan fingerprint density at radius 1 is 1.20 bits per heavy atom. The minimum Gasteiger partial charge on any atom is -0.507 e. The monoisotopic (exact) mass is 342 g/mol. The summed E-state index contributed by atoms with van der Waals surface area (Å²) in [6.07, 6.45) is 0.627. The molecule has 6 heteroatoms. The third kappa shape index (κ3) is 2.06. The van der Waals surface area contributed by atoms with Gasteiger partial charge in [0.2, 0.25) is 6.79 Å². The van der Waals surface area contributed by atoms with E-state index in [1.165, 1.54) is 6.07 Å². The molecule has 0 aromatic heterocycles. The number of hydrogen-bond donors (Lipinski definition) is 2. The number of rotatable bonds is 3. The summed E-state index contributed by atoms with van der Waals surface area (Å²) in [5.74, 6) is 0.149. The zero-order valence-corrected chi connectivity index (χ0v) is 13.9. The van der Waals surface area contributed by atoms with Crippen molar-refractivity contribution in [3.05, 3.63) is 47.0 Å². The second-order valence-corrected chi connectivity index (χ2v) is 6.31. The maximum absolute atomic E-state index is 11.7. The first-order valence-corrected chi connectivity index (χ1v) is 8.16. The lowest BCUT2D eigenvalue weighted by Gasteiger charge is -2.33. The van der Waals surface area contributed by atoms with E-state index in [0.717, 1.165) is 5.56 Å². The summed E-state index contributed by atoms with van der Waals surface area (Å²) < 4.78 is 17.1. The van der Waals surface area contributed by atoms with E-state index in [0.29, 0.717) is 29.2 Å². The number of aromatic hydroxyl groups is 1. The molecule has 0 saturated carbocycles. The van der Waals surface area contributed by atoms with E-state index in [1.54, 1.807) is 6.07 Å². The third-order valence-electron chi connectivity index (χ3n) is 5.21. The van der Waals surface area contributed by atoms with Gasteiger partial charge in [-0.15, -0.1) is 0 Å². The molecule has 2 aromatic rings. The first-order valence-electron chi connectivity index (χ1n) is 8.16. The van der Waals surface area contributed by atoms with Crippen molar-refractivity contribution in [2.45, 2.75) is 31.8 Å². The summed E-state index contributed by atoms with van der Waals surface area (Å²) in [5, 5.41) is 19.6. The third-order valence-corrected chi connectivity index (χ3v) is 5.21. The molecule has 25 heavy (non-hydrogen) atoms. The lowest BCUT2D eigenvalue weighted by Crippen LogP contribution is -2.33. The van der Waals surface area contributed by atoms with Gasteiger partial charge in [0.05, 0.1) is 0 Å².